The molecule has 2 aromatic rings. The SMILES string of the molecule is O=C(Nc1ccc(C2CCNCC2)cc1C1=CCCCC1)c1ncc[nH]1. The zero-order valence-corrected chi connectivity index (χ0v) is 15.1. The number of allylic oxidation sites excluding steroid dienone is 2. The van der Waals surface area contributed by atoms with Gasteiger partial charge in [0.05, 0.1) is 0 Å². The molecule has 1 aromatic heterocycles. The van der Waals surface area contributed by atoms with Crippen LogP contribution in [0.3, 0.4) is 0 Å². The van der Waals surface area contributed by atoms with Gasteiger partial charge in [-0.05, 0) is 80.8 Å². The maximum atomic E-state index is 12.5. The number of amides is 1. The number of anilines is 1. The number of nitrogens with one attached hydrogen (secondary N) is 3. The van der Waals surface area contributed by atoms with Gasteiger partial charge in [-0.3, -0.25) is 4.79 Å². The molecule has 2 heterocycles. The molecule has 26 heavy (non-hydrogen) atoms. The third-order valence-corrected chi connectivity index (χ3v) is 5.45. The highest BCUT2D eigenvalue weighted by atomic mass is 16.2. The van der Waals surface area contributed by atoms with Crippen molar-refractivity contribution in [3.05, 3.63) is 53.6 Å². The number of hydrogen-bond acceptors (Lipinski definition) is 3. The van der Waals surface area contributed by atoms with Gasteiger partial charge >= 0.3 is 0 Å². The summed E-state index contributed by atoms with van der Waals surface area (Å²) in [6.45, 7) is 2.17. The second kappa shape index (κ2) is 7.87. The van der Waals surface area contributed by atoms with Crippen LogP contribution >= 0.6 is 0 Å². The summed E-state index contributed by atoms with van der Waals surface area (Å²) in [5, 5.41) is 6.49. The number of H-pyrrole nitrogens is 1. The Morgan fingerprint density at radius 3 is 2.81 bits per heavy atom. The van der Waals surface area contributed by atoms with E-state index in [1.807, 2.05) is 0 Å². The summed E-state index contributed by atoms with van der Waals surface area (Å²) in [5.41, 5.74) is 4.82. The minimum Gasteiger partial charge on any atom is -0.341 e. The van der Waals surface area contributed by atoms with E-state index in [1.165, 1.54) is 42.4 Å². The predicted octanol–water partition coefficient (Wildman–Crippen LogP) is 4.09. The predicted molar refractivity (Wildman–Crippen MR) is 104 cm³/mol. The number of aromatic amines is 1. The van der Waals surface area contributed by atoms with Crippen molar-refractivity contribution in [2.75, 3.05) is 18.4 Å². The van der Waals surface area contributed by atoms with Crippen LogP contribution in [0.5, 0.6) is 0 Å². The average Bonchev–Trinajstić information content (AvgIpc) is 3.25. The molecule has 1 aliphatic heterocycles. The molecule has 1 fully saturated rings. The molecule has 1 saturated heterocycles. The molecule has 0 saturated carbocycles. The smallest absolute Gasteiger partial charge is 0.291 e. The molecule has 136 valence electrons. The standard InChI is InChI=1S/C21H26N4O/c26-21(20-23-12-13-24-20)25-19-7-6-17(15-8-10-22-11-9-15)14-18(19)16-4-2-1-3-5-16/h4,6-7,12-15,22H,1-3,5,8-11H2,(H,23,24)(H,25,26). The summed E-state index contributed by atoms with van der Waals surface area (Å²) in [6, 6.07) is 6.56. The summed E-state index contributed by atoms with van der Waals surface area (Å²) >= 11 is 0. The number of carbonyl (C=O) groups is 1. The van der Waals surface area contributed by atoms with Crippen molar-refractivity contribution in [2.24, 2.45) is 0 Å². The van der Waals surface area contributed by atoms with Crippen molar-refractivity contribution < 1.29 is 4.79 Å². The summed E-state index contributed by atoms with van der Waals surface area (Å²) in [4.78, 5) is 19.4. The highest BCUT2D eigenvalue weighted by Crippen LogP contribution is 2.35. The Hall–Kier alpha value is -2.40. The van der Waals surface area contributed by atoms with Crippen molar-refractivity contribution in [3.8, 4) is 0 Å². The molecule has 0 bridgehead atoms. The lowest BCUT2D eigenvalue weighted by atomic mass is 9.86. The Kier molecular flexibility index (Phi) is 5.16. The van der Waals surface area contributed by atoms with Gasteiger partial charge in [-0.25, -0.2) is 4.98 Å². The first-order valence-electron chi connectivity index (χ1n) is 9.66. The fourth-order valence-corrected chi connectivity index (χ4v) is 4.00. The zero-order chi connectivity index (χ0) is 17.8. The van der Waals surface area contributed by atoms with Crippen molar-refractivity contribution >= 4 is 17.2 Å². The van der Waals surface area contributed by atoms with Crippen LogP contribution < -0.4 is 10.6 Å². The first-order chi connectivity index (χ1) is 12.8. The number of carbonyl (C=O) groups excluding carboxylic acids is 1. The third-order valence-electron chi connectivity index (χ3n) is 5.45. The molecule has 1 aromatic carbocycles. The number of piperidine rings is 1. The van der Waals surface area contributed by atoms with E-state index in [-0.39, 0.29) is 5.91 Å². The number of imidazole rings is 1. The lowest BCUT2D eigenvalue weighted by molar-refractivity contribution is 0.101. The van der Waals surface area contributed by atoms with E-state index in [0.29, 0.717) is 11.7 Å². The third kappa shape index (κ3) is 3.73. The average molecular weight is 350 g/mol. The van der Waals surface area contributed by atoms with E-state index in [2.05, 4.69) is 44.9 Å². The van der Waals surface area contributed by atoms with E-state index in [0.717, 1.165) is 31.6 Å². The van der Waals surface area contributed by atoms with Crippen LogP contribution in [0.25, 0.3) is 5.57 Å². The minimum absolute atomic E-state index is 0.192. The summed E-state index contributed by atoms with van der Waals surface area (Å²) < 4.78 is 0. The largest absolute Gasteiger partial charge is 0.341 e. The Morgan fingerprint density at radius 1 is 1.19 bits per heavy atom. The monoisotopic (exact) mass is 350 g/mol. The second-order valence-electron chi connectivity index (χ2n) is 7.20. The molecule has 5 heteroatoms. The maximum Gasteiger partial charge on any atom is 0.291 e. The van der Waals surface area contributed by atoms with Crippen LogP contribution in [0.1, 0.15) is 66.2 Å². The lowest BCUT2D eigenvalue weighted by Gasteiger charge is -2.25. The lowest BCUT2D eigenvalue weighted by Crippen LogP contribution is -2.26. The van der Waals surface area contributed by atoms with Gasteiger partial charge in [0.2, 0.25) is 0 Å². The van der Waals surface area contributed by atoms with Crippen LogP contribution in [-0.4, -0.2) is 29.0 Å². The molecule has 0 atom stereocenters. The van der Waals surface area contributed by atoms with Gasteiger partial charge in [0.25, 0.3) is 5.91 Å². The Labute approximate surface area is 154 Å². The van der Waals surface area contributed by atoms with Gasteiger partial charge in [0.15, 0.2) is 5.82 Å². The first-order valence-corrected chi connectivity index (χ1v) is 9.66. The van der Waals surface area contributed by atoms with Crippen molar-refractivity contribution in [2.45, 2.75) is 44.4 Å². The maximum absolute atomic E-state index is 12.5. The molecule has 1 amide bonds. The summed E-state index contributed by atoms with van der Waals surface area (Å²) in [6.07, 6.45) is 12.6. The highest BCUT2D eigenvalue weighted by molar-refractivity contribution is 6.03. The first kappa shape index (κ1) is 17.0. The molecule has 1 aliphatic carbocycles. The van der Waals surface area contributed by atoms with Crippen molar-refractivity contribution in [1.82, 2.24) is 15.3 Å². The van der Waals surface area contributed by atoms with Gasteiger partial charge < -0.3 is 15.6 Å². The second-order valence-corrected chi connectivity index (χ2v) is 7.20. The van der Waals surface area contributed by atoms with Crippen LogP contribution in [0, 0.1) is 0 Å². The van der Waals surface area contributed by atoms with Crippen molar-refractivity contribution in [1.29, 1.82) is 0 Å². The van der Waals surface area contributed by atoms with E-state index in [4.69, 9.17) is 0 Å². The summed E-state index contributed by atoms with van der Waals surface area (Å²) in [7, 11) is 0. The molecule has 5 nitrogen and oxygen atoms in total. The molecular formula is C21H26N4O. The van der Waals surface area contributed by atoms with Gasteiger partial charge in [-0.2, -0.15) is 0 Å². The topological polar surface area (TPSA) is 69.8 Å². The normalized spacial score (nSPS) is 18.4. The van der Waals surface area contributed by atoms with E-state index in [9.17, 15) is 4.79 Å². The number of nitrogens with zero attached hydrogens (tertiary/aromatic N) is 1. The zero-order valence-electron chi connectivity index (χ0n) is 15.1. The Balaban J connectivity index is 1.65. The van der Waals surface area contributed by atoms with Gasteiger partial charge in [-0.15, -0.1) is 0 Å². The summed E-state index contributed by atoms with van der Waals surface area (Å²) in [5.74, 6) is 0.757. The molecule has 4 rings (SSSR count). The van der Waals surface area contributed by atoms with Crippen LogP contribution in [0.2, 0.25) is 0 Å². The molecule has 0 radical (unpaired) electrons. The van der Waals surface area contributed by atoms with Crippen LogP contribution in [0.4, 0.5) is 5.69 Å². The Morgan fingerprint density at radius 2 is 2.08 bits per heavy atom. The van der Waals surface area contributed by atoms with E-state index >= 15 is 0 Å². The van der Waals surface area contributed by atoms with Crippen LogP contribution in [0.15, 0.2) is 36.7 Å². The molecule has 2 aliphatic rings. The van der Waals surface area contributed by atoms with Gasteiger partial charge in [-0.1, -0.05) is 12.1 Å². The molecule has 0 spiro atoms. The van der Waals surface area contributed by atoms with E-state index in [1.54, 1.807) is 12.4 Å². The molecule has 3 N–H and O–H groups in total. The van der Waals surface area contributed by atoms with Crippen molar-refractivity contribution in [3.63, 3.8) is 0 Å². The minimum atomic E-state index is -0.192. The highest BCUT2D eigenvalue weighted by Gasteiger charge is 2.19. The van der Waals surface area contributed by atoms with Gasteiger partial charge in [0, 0.05) is 23.6 Å². The fourth-order valence-electron chi connectivity index (χ4n) is 4.00. The number of benzene rings is 1. The fraction of sp³-hybridized carbons (Fsp3) is 0.429. The van der Waals surface area contributed by atoms with Gasteiger partial charge in [0.1, 0.15) is 0 Å². The Bertz CT molecular complexity index is 788. The number of rotatable bonds is 4. The van der Waals surface area contributed by atoms with E-state index < -0.39 is 0 Å². The number of hydrogen-bond donors (Lipinski definition) is 3. The number of aromatic nitrogens is 2. The van der Waals surface area contributed by atoms with Crippen LogP contribution in [-0.2, 0) is 0 Å². The quantitative estimate of drug-likeness (QED) is 0.778. The molecule has 0 unspecified atom stereocenters. The molecular weight excluding hydrogens is 324 g/mol.